The van der Waals surface area contributed by atoms with Gasteiger partial charge in [-0.1, -0.05) is 24.3 Å². The van der Waals surface area contributed by atoms with Crippen molar-refractivity contribution in [3.05, 3.63) is 35.4 Å². The average molecular weight is 374 g/mol. The fourth-order valence-corrected chi connectivity index (χ4v) is 3.92. The smallest absolute Gasteiger partial charge is 0.317 e. The van der Waals surface area contributed by atoms with Crippen LogP contribution in [0.2, 0.25) is 0 Å². The number of carbonyl (C=O) groups is 2. The Balaban J connectivity index is 1.35. The summed E-state index contributed by atoms with van der Waals surface area (Å²) in [6.07, 6.45) is 1.59. The molecular weight excluding hydrogens is 344 g/mol. The van der Waals surface area contributed by atoms with E-state index >= 15 is 0 Å². The molecule has 3 amide bonds. The number of likely N-dealkylation sites (tertiary alicyclic amines) is 1. The zero-order chi connectivity index (χ0) is 19.2. The summed E-state index contributed by atoms with van der Waals surface area (Å²) < 4.78 is 0. The molecule has 1 fully saturated rings. The van der Waals surface area contributed by atoms with Gasteiger partial charge < -0.3 is 20.6 Å². The average Bonchev–Trinajstić information content (AvgIpc) is 3.05. The van der Waals surface area contributed by atoms with Crippen LogP contribution in [-0.4, -0.2) is 72.7 Å². The molecule has 0 bridgehead atoms. The maximum absolute atomic E-state index is 12.3. The van der Waals surface area contributed by atoms with Crippen LogP contribution in [0.25, 0.3) is 0 Å². The van der Waals surface area contributed by atoms with Crippen LogP contribution >= 0.6 is 0 Å². The molecule has 7 nitrogen and oxygen atoms in total. The van der Waals surface area contributed by atoms with Gasteiger partial charge in [0.15, 0.2) is 0 Å². The number of carbonyl (C=O) groups excluding carboxylic acids is 2. The third-order valence-electron chi connectivity index (χ3n) is 5.56. The lowest BCUT2D eigenvalue weighted by Crippen LogP contribution is -2.40. The van der Waals surface area contributed by atoms with Crippen LogP contribution in [0.4, 0.5) is 4.79 Å². The first kappa shape index (κ1) is 19.6. The van der Waals surface area contributed by atoms with Gasteiger partial charge in [-0.15, -0.1) is 0 Å². The molecule has 0 aliphatic carbocycles. The van der Waals surface area contributed by atoms with Gasteiger partial charge in [-0.2, -0.15) is 0 Å². The van der Waals surface area contributed by atoms with Gasteiger partial charge in [-0.3, -0.25) is 9.69 Å². The minimum atomic E-state index is -0.638. The number of hydrogen-bond acceptors (Lipinski definition) is 4. The topological polar surface area (TPSA) is 84.9 Å². The van der Waals surface area contributed by atoms with Gasteiger partial charge in [0, 0.05) is 58.7 Å². The van der Waals surface area contributed by atoms with E-state index in [1.807, 2.05) is 0 Å². The number of nitrogens with zero attached hydrogens (tertiary/aromatic N) is 2. The van der Waals surface area contributed by atoms with Crippen molar-refractivity contribution in [2.24, 2.45) is 5.92 Å². The van der Waals surface area contributed by atoms with Crippen molar-refractivity contribution in [1.29, 1.82) is 0 Å². The number of aliphatic hydroxyl groups is 1. The molecule has 2 heterocycles. The van der Waals surface area contributed by atoms with Crippen LogP contribution < -0.4 is 10.6 Å². The van der Waals surface area contributed by atoms with Gasteiger partial charge in [-0.25, -0.2) is 4.79 Å². The second kappa shape index (κ2) is 9.19. The minimum Gasteiger partial charge on any atom is -0.391 e. The largest absolute Gasteiger partial charge is 0.391 e. The number of nitrogens with one attached hydrogen (secondary N) is 2. The first-order valence-electron chi connectivity index (χ1n) is 9.77. The van der Waals surface area contributed by atoms with E-state index in [-0.39, 0.29) is 30.8 Å². The third kappa shape index (κ3) is 5.20. The molecule has 0 radical (unpaired) electrons. The summed E-state index contributed by atoms with van der Waals surface area (Å²) in [7, 11) is 1.58. The maximum atomic E-state index is 12.3. The minimum absolute atomic E-state index is 0.107. The highest BCUT2D eigenvalue weighted by Gasteiger charge is 2.34. The molecule has 0 saturated carbocycles. The van der Waals surface area contributed by atoms with Crippen molar-refractivity contribution in [2.45, 2.75) is 31.9 Å². The summed E-state index contributed by atoms with van der Waals surface area (Å²) in [5.74, 6) is -0.298. The molecular formula is C20H30N4O3. The predicted molar refractivity (Wildman–Crippen MR) is 103 cm³/mol. The lowest BCUT2D eigenvalue weighted by atomic mass is 10.00. The van der Waals surface area contributed by atoms with Crippen molar-refractivity contribution in [3.8, 4) is 0 Å². The predicted octanol–water partition coefficient (Wildman–Crippen LogP) is 0.573. The fourth-order valence-electron chi connectivity index (χ4n) is 3.92. The summed E-state index contributed by atoms with van der Waals surface area (Å²) in [5, 5.41) is 15.6. The lowest BCUT2D eigenvalue weighted by molar-refractivity contribution is -0.122. The normalized spacial score (nSPS) is 22.4. The van der Waals surface area contributed by atoms with E-state index in [0.29, 0.717) is 13.1 Å². The third-order valence-corrected chi connectivity index (χ3v) is 5.56. The molecule has 1 aromatic rings. The van der Waals surface area contributed by atoms with Gasteiger partial charge in [0.25, 0.3) is 0 Å². The zero-order valence-corrected chi connectivity index (χ0v) is 16.0. The monoisotopic (exact) mass is 374 g/mol. The molecule has 0 spiro atoms. The van der Waals surface area contributed by atoms with Crippen LogP contribution in [0.1, 0.15) is 24.0 Å². The van der Waals surface area contributed by atoms with E-state index in [0.717, 1.165) is 32.5 Å². The van der Waals surface area contributed by atoms with Crippen molar-refractivity contribution in [3.63, 3.8) is 0 Å². The zero-order valence-electron chi connectivity index (χ0n) is 16.0. The van der Waals surface area contributed by atoms with E-state index in [1.165, 1.54) is 11.1 Å². The Morgan fingerprint density at radius 1 is 1.22 bits per heavy atom. The Kier molecular flexibility index (Phi) is 6.68. The molecule has 3 N–H and O–H groups in total. The van der Waals surface area contributed by atoms with Crippen molar-refractivity contribution >= 4 is 11.9 Å². The van der Waals surface area contributed by atoms with Crippen LogP contribution in [0.15, 0.2) is 24.3 Å². The number of β-amino-alcohol motifs (C(OH)–C–C–N with tert-alkyl or cyclic N) is 1. The number of benzene rings is 1. The summed E-state index contributed by atoms with van der Waals surface area (Å²) in [5.41, 5.74) is 2.85. The Hall–Kier alpha value is -2.12. The van der Waals surface area contributed by atoms with E-state index in [4.69, 9.17) is 0 Å². The quantitative estimate of drug-likeness (QED) is 0.636. The van der Waals surface area contributed by atoms with Crippen LogP contribution in [0, 0.1) is 5.92 Å². The van der Waals surface area contributed by atoms with E-state index < -0.39 is 6.10 Å². The Bertz CT molecular complexity index is 666. The van der Waals surface area contributed by atoms with Crippen LogP contribution in [0.3, 0.4) is 0 Å². The van der Waals surface area contributed by atoms with E-state index in [1.54, 1.807) is 11.9 Å². The highest BCUT2D eigenvalue weighted by molar-refractivity contribution is 5.77. The molecule has 7 heteroatoms. The molecule has 2 aliphatic rings. The Morgan fingerprint density at radius 2 is 2.00 bits per heavy atom. The molecule has 2 atom stereocenters. The number of urea groups is 1. The second-order valence-corrected chi connectivity index (χ2v) is 7.49. The van der Waals surface area contributed by atoms with Gasteiger partial charge in [0.2, 0.25) is 5.91 Å². The molecule has 1 saturated heterocycles. The molecule has 2 aliphatic heterocycles. The first-order chi connectivity index (χ1) is 13.1. The molecule has 0 unspecified atom stereocenters. The van der Waals surface area contributed by atoms with Gasteiger partial charge >= 0.3 is 6.03 Å². The second-order valence-electron chi connectivity index (χ2n) is 7.49. The van der Waals surface area contributed by atoms with E-state index in [2.05, 4.69) is 39.8 Å². The fraction of sp³-hybridized carbons (Fsp3) is 0.600. The first-order valence-corrected chi connectivity index (χ1v) is 9.77. The molecule has 3 rings (SSSR count). The maximum Gasteiger partial charge on any atom is 0.317 e. The molecule has 148 valence electrons. The lowest BCUT2D eigenvalue weighted by Gasteiger charge is -2.28. The van der Waals surface area contributed by atoms with Crippen molar-refractivity contribution in [2.75, 3.05) is 39.8 Å². The molecule has 1 aromatic carbocycles. The highest BCUT2D eigenvalue weighted by atomic mass is 16.3. The van der Waals surface area contributed by atoms with Gasteiger partial charge in [0.1, 0.15) is 0 Å². The van der Waals surface area contributed by atoms with Crippen molar-refractivity contribution in [1.82, 2.24) is 20.4 Å². The Labute approximate surface area is 160 Å². The molecule has 27 heavy (non-hydrogen) atoms. The number of rotatable bonds is 6. The summed E-state index contributed by atoms with van der Waals surface area (Å²) in [4.78, 5) is 27.8. The standard InChI is InChI=1S/C20H30N4O3/c1-21-19(26)11-17-13-24(14-18(17)25)20(27)22-8-4-9-23-10-7-15-5-2-3-6-16(15)12-23/h2-3,5-6,17-18,25H,4,7-14H2,1H3,(H,21,26)(H,22,27)/t17-,18-/m1/s1. The van der Waals surface area contributed by atoms with Gasteiger partial charge in [0.05, 0.1) is 6.10 Å². The van der Waals surface area contributed by atoms with Crippen molar-refractivity contribution < 1.29 is 14.7 Å². The summed E-state index contributed by atoms with van der Waals surface area (Å²) >= 11 is 0. The number of amides is 3. The number of fused-ring (bicyclic) bond motifs is 1. The van der Waals surface area contributed by atoms with Gasteiger partial charge in [-0.05, 0) is 24.0 Å². The number of hydrogen-bond donors (Lipinski definition) is 3. The SMILES string of the molecule is CNC(=O)C[C@@H]1CN(C(=O)NCCCN2CCc3ccccc3C2)C[C@H]1O. The Morgan fingerprint density at radius 3 is 2.78 bits per heavy atom. The summed E-state index contributed by atoms with van der Waals surface area (Å²) in [6, 6.07) is 8.42. The van der Waals surface area contributed by atoms with Crippen LogP contribution in [-0.2, 0) is 17.8 Å². The van der Waals surface area contributed by atoms with Crippen LogP contribution in [0.5, 0.6) is 0 Å². The molecule has 0 aromatic heterocycles. The summed E-state index contributed by atoms with van der Waals surface area (Å²) in [6.45, 7) is 4.31. The highest BCUT2D eigenvalue weighted by Crippen LogP contribution is 2.20. The number of aliphatic hydroxyl groups excluding tert-OH is 1. The van der Waals surface area contributed by atoms with E-state index in [9.17, 15) is 14.7 Å².